The predicted molar refractivity (Wildman–Crippen MR) is 43.1 cm³/mol. The lowest BCUT2D eigenvalue weighted by molar-refractivity contribution is 0.160. The molecule has 0 amide bonds. The monoisotopic (exact) mass is 182 g/mol. The second kappa shape index (κ2) is 2.19. The van der Waals surface area contributed by atoms with E-state index >= 15 is 0 Å². The summed E-state index contributed by atoms with van der Waals surface area (Å²) < 4.78 is 0. The minimum atomic E-state index is -0.661. The maximum atomic E-state index is 11.1. The molecule has 4 N–H and O–H groups in total. The minimum absolute atomic E-state index is 0.111. The topological polar surface area (TPSA) is 98.5 Å². The maximum absolute atomic E-state index is 11.1. The molecule has 0 atom stereocenters. The van der Waals surface area contributed by atoms with Crippen LogP contribution in [0.25, 0.3) is 10.9 Å². The quantitative estimate of drug-likeness (QED) is 0.340. The minimum Gasteiger partial charge on any atom is -0.504 e. The molecule has 13 heavy (non-hydrogen) atoms. The Morgan fingerprint density at radius 3 is 2.69 bits per heavy atom. The molecular formula is C7H6N2O4. The third-order valence-electron chi connectivity index (χ3n) is 1.80. The molecule has 0 fully saturated rings. The molecule has 0 saturated carbocycles. The Morgan fingerprint density at radius 1 is 1.31 bits per heavy atom. The Kier molecular flexibility index (Phi) is 1.27. The molecule has 0 aliphatic heterocycles. The van der Waals surface area contributed by atoms with Gasteiger partial charge in [-0.05, 0) is 12.1 Å². The molecule has 1 aromatic heterocycles. The van der Waals surface area contributed by atoms with Crippen molar-refractivity contribution < 1.29 is 15.4 Å². The summed E-state index contributed by atoms with van der Waals surface area (Å²) in [7, 11) is 0. The third kappa shape index (κ3) is 0.851. The van der Waals surface area contributed by atoms with Crippen molar-refractivity contribution in [2.24, 2.45) is 0 Å². The third-order valence-corrected chi connectivity index (χ3v) is 1.80. The number of hydrogen-bond acceptors (Lipinski definition) is 4. The maximum Gasteiger partial charge on any atom is 0.278 e. The van der Waals surface area contributed by atoms with Gasteiger partial charge in [0.05, 0.1) is 0 Å². The largest absolute Gasteiger partial charge is 0.504 e. The Balaban J connectivity index is 3.07. The predicted octanol–water partition coefficient (Wildman–Crippen LogP) is -0.0219. The van der Waals surface area contributed by atoms with Gasteiger partial charge >= 0.3 is 0 Å². The number of rotatable bonds is 0. The molecule has 0 radical (unpaired) electrons. The van der Waals surface area contributed by atoms with Gasteiger partial charge in [-0.15, -0.1) is 4.85 Å². The van der Waals surface area contributed by atoms with Crippen LogP contribution in [0.4, 0.5) is 0 Å². The first-order valence-electron chi connectivity index (χ1n) is 3.46. The molecular weight excluding hydrogens is 176 g/mol. The zero-order valence-corrected chi connectivity index (χ0v) is 6.35. The molecule has 0 aliphatic carbocycles. The van der Waals surface area contributed by atoms with Crippen LogP contribution in [0.1, 0.15) is 0 Å². The SMILES string of the molecule is O=c1[nH]n(O)c2ccc(O)c(O)c12. The summed E-state index contributed by atoms with van der Waals surface area (Å²) in [6.07, 6.45) is 0. The van der Waals surface area contributed by atoms with Crippen LogP contribution in [0.5, 0.6) is 11.5 Å². The molecule has 1 heterocycles. The number of fused-ring (bicyclic) bond motifs is 1. The van der Waals surface area contributed by atoms with Crippen LogP contribution < -0.4 is 5.56 Å². The van der Waals surface area contributed by atoms with Gasteiger partial charge in [-0.25, -0.2) is 5.10 Å². The van der Waals surface area contributed by atoms with Gasteiger partial charge in [-0.1, -0.05) is 0 Å². The number of H-pyrrole nitrogens is 1. The summed E-state index contributed by atoms with van der Waals surface area (Å²) >= 11 is 0. The number of phenols is 2. The summed E-state index contributed by atoms with van der Waals surface area (Å²) in [5.74, 6) is -0.934. The average molecular weight is 182 g/mol. The van der Waals surface area contributed by atoms with E-state index in [0.717, 1.165) is 0 Å². The summed E-state index contributed by atoms with van der Waals surface area (Å²) in [6.45, 7) is 0. The highest BCUT2D eigenvalue weighted by molar-refractivity contribution is 5.86. The van der Waals surface area contributed by atoms with E-state index in [1.165, 1.54) is 12.1 Å². The van der Waals surface area contributed by atoms with E-state index in [2.05, 4.69) is 0 Å². The van der Waals surface area contributed by atoms with E-state index in [9.17, 15) is 9.90 Å². The Labute approximate surface area is 71.2 Å². The number of aromatic amines is 1. The van der Waals surface area contributed by atoms with Crippen LogP contribution in [-0.2, 0) is 0 Å². The van der Waals surface area contributed by atoms with Crippen molar-refractivity contribution >= 4 is 10.9 Å². The molecule has 0 aliphatic rings. The molecule has 0 bridgehead atoms. The van der Waals surface area contributed by atoms with Crippen LogP contribution in [0.2, 0.25) is 0 Å². The van der Waals surface area contributed by atoms with Gasteiger partial charge in [0.25, 0.3) is 5.56 Å². The fraction of sp³-hybridized carbons (Fsp3) is 0. The molecule has 1 aromatic carbocycles. The Bertz CT molecular complexity index is 525. The summed E-state index contributed by atoms with van der Waals surface area (Å²) in [5, 5.41) is 29.3. The van der Waals surface area contributed by atoms with Crippen molar-refractivity contribution in [3.63, 3.8) is 0 Å². The van der Waals surface area contributed by atoms with Gasteiger partial charge in [0, 0.05) is 0 Å². The fourth-order valence-corrected chi connectivity index (χ4v) is 1.18. The molecule has 6 nitrogen and oxygen atoms in total. The van der Waals surface area contributed by atoms with Crippen LogP contribution in [0.15, 0.2) is 16.9 Å². The van der Waals surface area contributed by atoms with Crippen LogP contribution >= 0.6 is 0 Å². The Morgan fingerprint density at radius 2 is 2.00 bits per heavy atom. The Hall–Kier alpha value is -2.11. The van der Waals surface area contributed by atoms with E-state index in [-0.39, 0.29) is 10.9 Å². The van der Waals surface area contributed by atoms with E-state index in [1.807, 2.05) is 5.10 Å². The number of benzene rings is 1. The second-order valence-electron chi connectivity index (χ2n) is 2.58. The van der Waals surface area contributed by atoms with E-state index in [0.29, 0.717) is 4.85 Å². The zero-order valence-electron chi connectivity index (χ0n) is 6.35. The van der Waals surface area contributed by atoms with Crippen molar-refractivity contribution in [1.29, 1.82) is 0 Å². The molecule has 0 unspecified atom stereocenters. The number of nitrogens with zero attached hydrogens (tertiary/aromatic N) is 1. The molecule has 2 aromatic rings. The standard InChI is InChI=1S/C7H6N2O4/c10-4-2-1-3-5(6(4)11)7(12)8-9(3)13/h1-2,10-11,13H,(H,8,12). The first kappa shape index (κ1) is 7.53. The van der Waals surface area contributed by atoms with Crippen molar-refractivity contribution in [3.05, 3.63) is 22.5 Å². The van der Waals surface area contributed by atoms with Crippen molar-refractivity contribution in [2.75, 3.05) is 0 Å². The van der Waals surface area contributed by atoms with Gasteiger partial charge in [-0.3, -0.25) is 4.79 Å². The van der Waals surface area contributed by atoms with E-state index < -0.39 is 17.1 Å². The summed E-state index contributed by atoms with van der Waals surface area (Å²) in [4.78, 5) is 11.5. The van der Waals surface area contributed by atoms with Gasteiger partial charge in [0.1, 0.15) is 10.9 Å². The highest BCUT2D eigenvalue weighted by Crippen LogP contribution is 2.30. The highest BCUT2D eigenvalue weighted by atomic mass is 16.5. The number of phenolic OH excluding ortho intramolecular Hbond substituents is 2. The van der Waals surface area contributed by atoms with E-state index in [4.69, 9.17) is 10.3 Å². The first-order chi connectivity index (χ1) is 6.11. The van der Waals surface area contributed by atoms with Crippen LogP contribution in [-0.4, -0.2) is 25.4 Å². The van der Waals surface area contributed by atoms with E-state index in [1.54, 1.807) is 0 Å². The van der Waals surface area contributed by atoms with Gasteiger partial charge in [0.15, 0.2) is 11.5 Å². The van der Waals surface area contributed by atoms with Crippen LogP contribution in [0.3, 0.4) is 0 Å². The number of aromatic nitrogens is 2. The fourth-order valence-electron chi connectivity index (χ4n) is 1.18. The lowest BCUT2D eigenvalue weighted by Crippen LogP contribution is -2.02. The van der Waals surface area contributed by atoms with Crippen molar-refractivity contribution in [3.8, 4) is 11.5 Å². The molecule has 0 saturated heterocycles. The molecule has 2 rings (SSSR count). The summed E-state index contributed by atoms with van der Waals surface area (Å²) in [5.41, 5.74) is -0.550. The van der Waals surface area contributed by atoms with Gasteiger partial charge < -0.3 is 15.4 Å². The number of aromatic hydroxyl groups is 2. The van der Waals surface area contributed by atoms with Crippen molar-refractivity contribution in [2.45, 2.75) is 0 Å². The number of hydrogen-bond donors (Lipinski definition) is 4. The first-order valence-corrected chi connectivity index (χ1v) is 3.46. The second-order valence-corrected chi connectivity index (χ2v) is 2.58. The average Bonchev–Trinajstić information content (AvgIpc) is 2.35. The molecule has 6 heteroatoms. The lowest BCUT2D eigenvalue weighted by atomic mass is 10.2. The highest BCUT2D eigenvalue weighted by Gasteiger charge is 2.13. The zero-order chi connectivity index (χ0) is 9.59. The summed E-state index contributed by atoms with van der Waals surface area (Å²) in [6, 6.07) is 2.49. The molecule has 68 valence electrons. The smallest absolute Gasteiger partial charge is 0.278 e. The normalized spacial score (nSPS) is 10.8. The van der Waals surface area contributed by atoms with Crippen LogP contribution in [0, 0.1) is 0 Å². The van der Waals surface area contributed by atoms with Gasteiger partial charge in [-0.2, -0.15) is 0 Å². The van der Waals surface area contributed by atoms with Crippen molar-refractivity contribution in [1.82, 2.24) is 9.94 Å². The molecule has 0 spiro atoms. The van der Waals surface area contributed by atoms with Gasteiger partial charge in [0.2, 0.25) is 0 Å². The lowest BCUT2D eigenvalue weighted by Gasteiger charge is -1.97. The number of nitrogens with one attached hydrogen (secondary N) is 1.